The lowest BCUT2D eigenvalue weighted by Crippen LogP contribution is -2.52. The van der Waals surface area contributed by atoms with E-state index in [-0.39, 0.29) is 11.9 Å². The van der Waals surface area contributed by atoms with Gasteiger partial charge in [-0.15, -0.1) is 0 Å². The summed E-state index contributed by atoms with van der Waals surface area (Å²) in [6.07, 6.45) is 2.92. The molecule has 1 fully saturated rings. The predicted octanol–water partition coefficient (Wildman–Crippen LogP) is 0.911. The van der Waals surface area contributed by atoms with Crippen LogP contribution >= 0.6 is 0 Å². The Morgan fingerprint density at radius 2 is 1.95 bits per heavy atom. The molecule has 0 saturated carbocycles. The maximum Gasteiger partial charge on any atom is 0.237 e. The van der Waals surface area contributed by atoms with Crippen LogP contribution in [0.15, 0.2) is 24.3 Å². The molecule has 1 aromatic carbocycles. The Labute approximate surface area is 120 Å². The first-order valence-electron chi connectivity index (χ1n) is 7.51. The molecule has 0 aromatic heterocycles. The van der Waals surface area contributed by atoms with Crippen LogP contribution in [0.4, 0.5) is 0 Å². The lowest BCUT2D eigenvalue weighted by atomic mass is 9.95. The molecule has 2 aliphatic rings. The number of likely N-dealkylation sites (tertiary alicyclic amines) is 1. The Hall–Kier alpha value is -1.39. The summed E-state index contributed by atoms with van der Waals surface area (Å²) < 4.78 is 0. The highest BCUT2D eigenvalue weighted by molar-refractivity contribution is 5.82. The maximum atomic E-state index is 12.4. The van der Waals surface area contributed by atoms with Crippen LogP contribution in [0.2, 0.25) is 0 Å². The quantitative estimate of drug-likeness (QED) is 0.842. The second kappa shape index (κ2) is 5.94. The van der Waals surface area contributed by atoms with Crippen LogP contribution in [-0.2, 0) is 17.8 Å². The number of carbonyl (C=O) groups excluding carboxylic acids is 1. The zero-order valence-corrected chi connectivity index (χ0v) is 12.1. The van der Waals surface area contributed by atoms with E-state index in [1.807, 2.05) is 0 Å². The molecule has 1 saturated heterocycles. The molecule has 4 heteroatoms. The van der Waals surface area contributed by atoms with Gasteiger partial charge in [0.1, 0.15) is 0 Å². The summed E-state index contributed by atoms with van der Waals surface area (Å²) in [7, 11) is 2.14. The van der Waals surface area contributed by atoms with Crippen molar-refractivity contribution in [3.05, 3.63) is 35.4 Å². The molecular formula is C16H23N3O. The predicted molar refractivity (Wildman–Crippen MR) is 79.4 cm³/mol. The van der Waals surface area contributed by atoms with Crippen molar-refractivity contribution >= 4 is 5.91 Å². The molecule has 0 aliphatic carbocycles. The Bertz CT molecular complexity index is 480. The number of nitrogens with one attached hydrogen (secondary N) is 2. The Kier molecular flexibility index (Phi) is 4.03. The Morgan fingerprint density at radius 1 is 1.25 bits per heavy atom. The van der Waals surface area contributed by atoms with Crippen molar-refractivity contribution in [3.8, 4) is 0 Å². The minimum absolute atomic E-state index is 0.0791. The van der Waals surface area contributed by atoms with E-state index in [4.69, 9.17) is 0 Å². The molecule has 108 valence electrons. The number of fused-ring (bicyclic) bond motifs is 1. The molecule has 0 radical (unpaired) electrons. The van der Waals surface area contributed by atoms with Crippen molar-refractivity contribution in [2.75, 3.05) is 20.1 Å². The van der Waals surface area contributed by atoms with Crippen LogP contribution in [0.5, 0.6) is 0 Å². The van der Waals surface area contributed by atoms with Crippen molar-refractivity contribution in [1.29, 1.82) is 0 Å². The second-order valence-corrected chi connectivity index (χ2v) is 5.99. The van der Waals surface area contributed by atoms with Gasteiger partial charge in [-0.25, -0.2) is 0 Å². The van der Waals surface area contributed by atoms with E-state index in [9.17, 15) is 4.79 Å². The van der Waals surface area contributed by atoms with Crippen LogP contribution < -0.4 is 10.6 Å². The molecule has 3 rings (SSSR count). The SMILES string of the molecule is CN1CCC(NC(=O)C2Cc3ccccc3CN2)CC1. The van der Waals surface area contributed by atoms with Crippen molar-refractivity contribution in [3.63, 3.8) is 0 Å². The molecule has 2 aliphatic heterocycles. The number of benzene rings is 1. The van der Waals surface area contributed by atoms with Crippen LogP contribution in [0.25, 0.3) is 0 Å². The first kappa shape index (κ1) is 13.6. The van der Waals surface area contributed by atoms with Crippen molar-refractivity contribution in [2.45, 2.75) is 37.9 Å². The van der Waals surface area contributed by atoms with Gasteiger partial charge in [0.15, 0.2) is 0 Å². The number of hydrogen-bond acceptors (Lipinski definition) is 3. The first-order valence-corrected chi connectivity index (χ1v) is 7.51. The minimum atomic E-state index is -0.0791. The molecule has 0 bridgehead atoms. The van der Waals surface area contributed by atoms with Gasteiger partial charge in [0, 0.05) is 12.6 Å². The van der Waals surface area contributed by atoms with E-state index in [1.54, 1.807) is 0 Å². The summed E-state index contributed by atoms with van der Waals surface area (Å²) in [5.41, 5.74) is 2.62. The lowest BCUT2D eigenvalue weighted by Gasteiger charge is -2.32. The normalized spacial score (nSPS) is 24.1. The zero-order valence-electron chi connectivity index (χ0n) is 12.1. The highest BCUT2D eigenvalue weighted by Gasteiger charge is 2.26. The van der Waals surface area contributed by atoms with Gasteiger partial charge < -0.3 is 15.5 Å². The van der Waals surface area contributed by atoms with E-state index >= 15 is 0 Å². The average molecular weight is 273 g/mol. The smallest absolute Gasteiger partial charge is 0.237 e. The van der Waals surface area contributed by atoms with E-state index in [0.717, 1.165) is 38.9 Å². The second-order valence-electron chi connectivity index (χ2n) is 5.99. The third-order valence-corrected chi connectivity index (χ3v) is 4.46. The van der Waals surface area contributed by atoms with Gasteiger partial charge >= 0.3 is 0 Å². The Balaban J connectivity index is 1.56. The number of nitrogens with zero attached hydrogens (tertiary/aromatic N) is 1. The first-order chi connectivity index (χ1) is 9.72. The minimum Gasteiger partial charge on any atom is -0.352 e. The zero-order chi connectivity index (χ0) is 13.9. The maximum absolute atomic E-state index is 12.4. The number of piperidine rings is 1. The summed E-state index contributed by atoms with van der Waals surface area (Å²) in [5, 5.41) is 6.56. The van der Waals surface area contributed by atoms with E-state index in [2.05, 4.69) is 46.8 Å². The van der Waals surface area contributed by atoms with Gasteiger partial charge in [-0.1, -0.05) is 24.3 Å². The molecule has 2 N–H and O–H groups in total. The van der Waals surface area contributed by atoms with Gasteiger partial charge in [-0.3, -0.25) is 4.79 Å². The number of carbonyl (C=O) groups is 1. The fourth-order valence-corrected chi connectivity index (χ4v) is 3.09. The highest BCUT2D eigenvalue weighted by Crippen LogP contribution is 2.17. The third-order valence-electron chi connectivity index (χ3n) is 4.46. The van der Waals surface area contributed by atoms with Crippen LogP contribution in [0.1, 0.15) is 24.0 Å². The monoisotopic (exact) mass is 273 g/mol. The average Bonchev–Trinajstić information content (AvgIpc) is 2.49. The van der Waals surface area contributed by atoms with E-state index < -0.39 is 0 Å². The van der Waals surface area contributed by atoms with Crippen molar-refractivity contribution < 1.29 is 4.79 Å². The lowest BCUT2D eigenvalue weighted by molar-refractivity contribution is -0.124. The molecule has 0 spiro atoms. The van der Waals surface area contributed by atoms with Gasteiger partial charge in [0.25, 0.3) is 0 Å². The molecule has 4 nitrogen and oxygen atoms in total. The molecular weight excluding hydrogens is 250 g/mol. The summed E-state index contributed by atoms with van der Waals surface area (Å²) in [5.74, 6) is 0.161. The molecule has 1 aromatic rings. The van der Waals surface area contributed by atoms with Gasteiger partial charge in [-0.2, -0.15) is 0 Å². The van der Waals surface area contributed by atoms with Gasteiger partial charge in [0.05, 0.1) is 6.04 Å². The highest BCUT2D eigenvalue weighted by atomic mass is 16.2. The summed E-state index contributed by atoms with van der Waals surface area (Å²) in [6.45, 7) is 2.94. The summed E-state index contributed by atoms with van der Waals surface area (Å²) >= 11 is 0. The standard InChI is InChI=1S/C16H23N3O/c1-19-8-6-14(7-9-19)18-16(20)15-10-12-4-2-3-5-13(12)11-17-15/h2-5,14-15,17H,6-11H2,1H3,(H,18,20). The van der Waals surface area contributed by atoms with Gasteiger partial charge in [0.2, 0.25) is 5.91 Å². The van der Waals surface area contributed by atoms with Crippen molar-refractivity contribution in [1.82, 2.24) is 15.5 Å². The largest absolute Gasteiger partial charge is 0.352 e. The van der Waals surface area contributed by atoms with Gasteiger partial charge in [-0.05, 0) is 50.5 Å². The topological polar surface area (TPSA) is 44.4 Å². The van der Waals surface area contributed by atoms with E-state index in [0.29, 0.717) is 6.04 Å². The number of amides is 1. The van der Waals surface area contributed by atoms with Crippen LogP contribution in [0, 0.1) is 0 Å². The van der Waals surface area contributed by atoms with Crippen LogP contribution in [0.3, 0.4) is 0 Å². The number of hydrogen-bond donors (Lipinski definition) is 2. The molecule has 20 heavy (non-hydrogen) atoms. The number of rotatable bonds is 2. The molecule has 1 atom stereocenters. The molecule has 1 unspecified atom stereocenters. The fraction of sp³-hybridized carbons (Fsp3) is 0.562. The van der Waals surface area contributed by atoms with Crippen molar-refractivity contribution in [2.24, 2.45) is 0 Å². The fourth-order valence-electron chi connectivity index (χ4n) is 3.09. The van der Waals surface area contributed by atoms with E-state index in [1.165, 1.54) is 11.1 Å². The summed E-state index contributed by atoms with van der Waals surface area (Å²) in [4.78, 5) is 14.7. The Morgan fingerprint density at radius 3 is 2.70 bits per heavy atom. The summed E-state index contributed by atoms with van der Waals surface area (Å²) in [6, 6.07) is 8.64. The van der Waals surface area contributed by atoms with Crippen LogP contribution in [-0.4, -0.2) is 43.0 Å². The molecule has 1 amide bonds. The molecule has 2 heterocycles. The third kappa shape index (κ3) is 3.02.